The fraction of sp³-hybridized carbons (Fsp3) is 0.647. The first-order chi connectivity index (χ1) is 10.2. The molecule has 2 N–H and O–H groups in total. The Labute approximate surface area is 127 Å². The van der Waals surface area contributed by atoms with E-state index >= 15 is 0 Å². The lowest BCUT2D eigenvalue weighted by Crippen LogP contribution is -2.36. The molecule has 0 unspecified atom stereocenters. The van der Waals surface area contributed by atoms with Gasteiger partial charge in [0.25, 0.3) is 0 Å². The molecule has 0 radical (unpaired) electrons. The van der Waals surface area contributed by atoms with Crippen molar-refractivity contribution in [2.75, 3.05) is 26.4 Å². The van der Waals surface area contributed by atoms with Crippen molar-refractivity contribution in [1.29, 1.82) is 0 Å². The van der Waals surface area contributed by atoms with Gasteiger partial charge < -0.3 is 19.9 Å². The van der Waals surface area contributed by atoms with Gasteiger partial charge in [-0.15, -0.1) is 0 Å². The van der Waals surface area contributed by atoms with E-state index in [0.29, 0.717) is 6.61 Å². The van der Waals surface area contributed by atoms with Crippen LogP contribution in [0.2, 0.25) is 0 Å². The van der Waals surface area contributed by atoms with Gasteiger partial charge in [0.2, 0.25) is 0 Å². The van der Waals surface area contributed by atoms with Gasteiger partial charge in [-0.05, 0) is 30.5 Å². The van der Waals surface area contributed by atoms with Crippen molar-refractivity contribution in [1.82, 2.24) is 5.32 Å². The lowest BCUT2D eigenvalue weighted by atomic mass is 9.83. The van der Waals surface area contributed by atoms with Gasteiger partial charge >= 0.3 is 0 Å². The average Bonchev–Trinajstić information content (AvgIpc) is 2.77. The summed E-state index contributed by atoms with van der Waals surface area (Å²) in [4.78, 5) is 0. The molecule has 0 bridgehead atoms. The molecule has 0 amide bonds. The van der Waals surface area contributed by atoms with Gasteiger partial charge in [0.1, 0.15) is 0 Å². The highest BCUT2D eigenvalue weighted by molar-refractivity contribution is 5.43. The van der Waals surface area contributed by atoms with E-state index in [1.807, 2.05) is 12.1 Å². The molecule has 4 nitrogen and oxygen atoms in total. The molecule has 4 heteroatoms. The Hall–Kier alpha value is -1.26. The van der Waals surface area contributed by atoms with Crippen molar-refractivity contribution in [2.24, 2.45) is 5.41 Å². The number of benzene rings is 1. The van der Waals surface area contributed by atoms with Crippen LogP contribution in [0, 0.1) is 5.41 Å². The van der Waals surface area contributed by atoms with Crippen LogP contribution in [0.15, 0.2) is 18.2 Å². The van der Waals surface area contributed by atoms with Crippen LogP contribution in [0.5, 0.6) is 11.5 Å². The Morgan fingerprint density at radius 1 is 1.14 bits per heavy atom. The molecule has 1 aromatic rings. The minimum Gasteiger partial charge on any atom is -0.490 e. The highest BCUT2D eigenvalue weighted by Crippen LogP contribution is 2.30. The molecule has 2 rings (SSSR count). The van der Waals surface area contributed by atoms with E-state index in [2.05, 4.69) is 25.2 Å². The molecular formula is C17H27NO3. The lowest BCUT2D eigenvalue weighted by molar-refractivity contribution is 0.113. The number of aliphatic hydroxyl groups is 1. The van der Waals surface area contributed by atoms with Gasteiger partial charge in [0, 0.05) is 31.5 Å². The van der Waals surface area contributed by atoms with Gasteiger partial charge in [-0.2, -0.15) is 0 Å². The summed E-state index contributed by atoms with van der Waals surface area (Å²) in [6.07, 6.45) is 2.89. The zero-order valence-corrected chi connectivity index (χ0v) is 13.2. The van der Waals surface area contributed by atoms with Crippen molar-refractivity contribution in [3.05, 3.63) is 23.8 Å². The zero-order valence-electron chi connectivity index (χ0n) is 13.2. The fourth-order valence-corrected chi connectivity index (χ4v) is 2.57. The smallest absolute Gasteiger partial charge is 0.161 e. The number of ether oxygens (including phenoxy) is 2. The molecule has 1 aliphatic heterocycles. The summed E-state index contributed by atoms with van der Waals surface area (Å²) in [5, 5.41) is 13.0. The normalized spacial score (nSPS) is 14.8. The first-order valence-corrected chi connectivity index (χ1v) is 7.93. The molecule has 0 aromatic heterocycles. The monoisotopic (exact) mass is 293 g/mol. The third-order valence-electron chi connectivity index (χ3n) is 4.48. The summed E-state index contributed by atoms with van der Waals surface area (Å²) in [6.45, 7) is 7.53. The van der Waals surface area contributed by atoms with Gasteiger partial charge in [0.05, 0.1) is 13.2 Å². The molecule has 0 saturated heterocycles. The molecule has 0 fully saturated rings. The van der Waals surface area contributed by atoms with E-state index in [9.17, 15) is 5.11 Å². The van der Waals surface area contributed by atoms with E-state index in [1.165, 1.54) is 5.56 Å². The molecule has 0 saturated carbocycles. The maximum Gasteiger partial charge on any atom is 0.161 e. The predicted molar refractivity (Wildman–Crippen MR) is 83.9 cm³/mol. The van der Waals surface area contributed by atoms with Crippen molar-refractivity contribution < 1.29 is 14.6 Å². The van der Waals surface area contributed by atoms with Crippen LogP contribution >= 0.6 is 0 Å². The second-order valence-electron chi connectivity index (χ2n) is 5.80. The van der Waals surface area contributed by atoms with Crippen molar-refractivity contribution in [3.8, 4) is 11.5 Å². The largest absolute Gasteiger partial charge is 0.490 e. The lowest BCUT2D eigenvalue weighted by Gasteiger charge is -2.29. The Morgan fingerprint density at radius 2 is 1.86 bits per heavy atom. The summed E-state index contributed by atoms with van der Waals surface area (Å²) in [7, 11) is 0. The van der Waals surface area contributed by atoms with Crippen LogP contribution in [0.4, 0.5) is 0 Å². The molecule has 1 aliphatic rings. The first kappa shape index (κ1) is 16.1. The van der Waals surface area contributed by atoms with E-state index in [1.54, 1.807) is 0 Å². The Bertz CT molecular complexity index is 435. The Balaban J connectivity index is 1.93. The Kier molecular flexibility index (Phi) is 5.88. The van der Waals surface area contributed by atoms with Gasteiger partial charge in [-0.25, -0.2) is 0 Å². The van der Waals surface area contributed by atoms with E-state index in [-0.39, 0.29) is 12.0 Å². The van der Waals surface area contributed by atoms with Crippen LogP contribution in [-0.2, 0) is 6.54 Å². The highest BCUT2D eigenvalue weighted by Gasteiger charge is 2.24. The third kappa shape index (κ3) is 4.11. The standard InChI is InChI=1S/C17H27NO3/c1-3-17(4-2,13-19)12-18-11-14-6-7-15-16(10-14)21-9-5-8-20-15/h6-7,10,18-19H,3-5,8-9,11-13H2,1-2H3. The molecule has 118 valence electrons. The summed E-state index contributed by atoms with van der Waals surface area (Å²) in [6, 6.07) is 6.10. The van der Waals surface area contributed by atoms with Crippen molar-refractivity contribution in [3.63, 3.8) is 0 Å². The summed E-state index contributed by atoms with van der Waals surface area (Å²) >= 11 is 0. The molecule has 0 aliphatic carbocycles. The van der Waals surface area contributed by atoms with Crippen molar-refractivity contribution >= 4 is 0 Å². The van der Waals surface area contributed by atoms with E-state index in [4.69, 9.17) is 9.47 Å². The Morgan fingerprint density at radius 3 is 2.52 bits per heavy atom. The number of hydrogen-bond acceptors (Lipinski definition) is 4. The van der Waals surface area contributed by atoms with E-state index < -0.39 is 0 Å². The second kappa shape index (κ2) is 7.66. The van der Waals surface area contributed by atoms with Crippen LogP contribution in [0.3, 0.4) is 0 Å². The second-order valence-corrected chi connectivity index (χ2v) is 5.80. The number of fused-ring (bicyclic) bond motifs is 1. The predicted octanol–water partition coefficient (Wildman–Crippen LogP) is 2.74. The minimum absolute atomic E-state index is 0.00863. The average molecular weight is 293 g/mol. The van der Waals surface area contributed by atoms with Gasteiger partial charge in [-0.3, -0.25) is 0 Å². The molecule has 0 atom stereocenters. The SMILES string of the molecule is CCC(CC)(CO)CNCc1ccc2c(c1)OCCCO2. The molecule has 1 aromatic carbocycles. The number of aliphatic hydroxyl groups excluding tert-OH is 1. The van der Waals surface area contributed by atoms with Crippen molar-refractivity contribution in [2.45, 2.75) is 39.7 Å². The van der Waals surface area contributed by atoms with E-state index in [0.717, 1.165) is 50.5 Å². The highest BCUT2D eigenvalue weighted by atomic mass is 16.5. The van der Waals surface area contributed by atoms with Gasteiger partial charge in [-0.1, -0.05) is 19.9 Å². The van der Waals surface area contributed by atoms with Crippen LogP contribution < -0.4 is 14.8 Å². The summed E-state index contributed by atoms with van der Waals surface area (Å²) in [5.41, 5.74) is 1.17. The summed E-state index contributed by atoms with van der Waals surface area (Å²) in [5.74, 6) is 1.68. The number of nitrogens with one attached hydrogen (secondary N) is 1. The molecule has 1 heterocycles. The topological polar surface area (TPSA) is 50.7 Å². The zero-order chi connectivity index (χ0) is 15.1. The third-order valence-corrected chi connectivity index (χ3v) is 4.48. The van der Waals surface area contributed by atoms with Gasteiger partial charge in [0.15, 0.2) is 11.5 Å². The maximum absolute atomic E-state index is 9.59. The molecular weight excluding hydrogens is 266 g/mol. The fourth-order valence-electron chi connectivity index (χ4n) is 2.57. The number of rotatable bonds is 7. The summed E-state index contributed by atoms with van der Waals surface area (Å²) < 4.78 is 11.3. The minimum atomic E-state index is -0.00863. The quantitative estimate of drug-likeness (QED) is 0.811. The molecule has 0 spiro atoms. The maximum atomic E-state index is 9.59. The number of hydrogen-bond donors (Lipinski definition) is 2. The van der Waals surface area contributed by atoms with Crippen LogP contribution in [0.25, 0.3) is 0 Å². The van der Waals surface area contributed by atoms with Crippen LogP contribution in [-0.4, -0.2) is 31.5 Å². The first-order valence-electron chi connectivity index (χ1n) is 7.93. The molecule has 21 heavy (non-hydrogen) atoms. The van der Waals surface area contributed by atoms with Crippen LogP contribution in [0.1, 0.15) is 38.7 Å².